The van der Waals surface area contributed by atoms with Crippen molar-refractivity contribution < 1.29 is 4.74 Å². The topological polar surface area (TPSA) is 130 Å². The lowest BCUT2D eigenvalue weighted by Crippen LogP contribution is -2.32. The lowest BCUT2D eigenvalue weighted by Gasteiger charge is -2.27. The normalized spacial score (nSPS) is 16.9. The number of nitrogens with zero attached hydrogens (tertiary/aromatic N) is 2. The zero-order valence-electron chi connectivity index (χ0n) is 17.7. The van der Waals surface area contributed by atoms with Gasteiger partial charge in [-0.15, -0.1) is 0 Å². The van der Waals surface area contributed by atoms with E-state index in [9.17, 15) is 4.79 Å². The highest BCUT2D eigenvalue weighted by atomic mass is 16.5. The minimum absolute atomic E-state index is 0.00377. The van der Waals surface area contributed by atoms with Crippen LogP contribution in [0.25, 0.3) is 0 Å². The van der Waals surface area contributed by atoms with Crippen molar-refractivity contribution in [1.82, 2.24) is 20.2 Å². The van der Waals surface area contributed by atoms with Crippen molar-refractivity contribution in [1.29, 1.82) is 5.41 Å². The Kier molecular flexibility index (Phi) is 6.11. The van der Waals surface area contributed by atoms with Gasteiger partial charge in [-0.2, -0.15) is 4.98 Å². The van der Waals surface area contributed by atoms with Gasteiger partial charge < -0.3 is 26.4 Å². The number of nitrogens with two attached hydrogens (primary N) is 1. The zero-order valence-corrected chi connectivity index (χ0v) is 17.7. The van der Waals surface area contributed by atoms with Crippen LogP contribution < -0.4 is 32.1 Å². The van der Waals surface area contributed by atoms with Gasteiger partial charge in [0.15, 0.2) is 23.3 Å². The average molecular weight is 424 g/mol. The standard InChI is InChI=1S/C22H29N7O2/c1-14-3-8-18-17(11-14)27-20-19(31-18)13-29(22(30)28-20)16-6-4-15(5-7-16)12-25-9-2-10-26-21(23)24/h3,8,11-13,16,25H,2,4-7,9-10H2,1H3,(H4,23,24,26)(H,27,28,30). The molecule has 1 aliphatic heterocycles. The van der Waals surface area contributed by atoms with Crippen molar-refractivity contribution in [3.63, 3.8) is 0 Å². The van der Waals surface area contributed by atoms with Crippen molar-refractivity contribution in [2.45, 2.75) is 45.1 Å². The van der Waals surface area contributed by atoms with E-state index in [-0.39, 0.29) is 17.7 Å². The first-order valence-electron chi connectivity index (χ1n) is 10.7. The number of hydrogen-bond acceptors (Lipinski definition) is 6. The molecule has 0 amide bonds. The van der Waals surface area contributed by atoms with Crippen molar-refractivity contribution in [3.05, 3.63) is 52.2 Å². The smallest absolute Gasteiger partial charge is 0.350 e. The number of rotatable bonds is 6. The molecule has 0 radical (unpaired) electrons. The largest absolute Gasteiger partial charge is 0.450 e. The minimum Gasteiger partial charge on any atom is -0.450 e. The monoisotopic (exact) mass is 423 g/mol. The molecule has 4 rings (SSSR count). The van der Waals surface area contributed by atoms with Gasteiger partial charge in [-0.05, 0) is 62.9 Å². The van der Waals surface area contributed by atoms with Gasteiger partial charge in [0.05, 0.1) is 11.9 Å². The molecule has 0 spiro atoms. The lowest BCUT2D eigenvalue weighted by atomic mass is 9.91. The fraction of sp³-hybridized carbons (Fsp3) is 0.409. The fourth-order valence-corrected chi connectivity index (χ4v) is 3.98. The molecule has 9 heteroatoms. The minimum atomic E-state index is -0.250. The van der Waals surface area contributed by atoms with Crippen LogP contribution in [0, 0.1) is 12.3 Å². The molecular formula is C22H29N7O2. The van der Waals surface area contributed by atoms with E-state index >= 15 is 0 Å². The number of anilines is 2. The van der Waals surface area contributed by atoms with Crippen molar-refractivity contribution in [2.24, 2.45) is 5.73 Å². The molecule has 1 fully saturated rings. The SMILES string of the molecule is Cc1ccc2c(c1)Nc1nc(=O)n(C3CCC(=CNCCCNC(=N)N)CC3)cc1O2. The molecule has 9 nitrogen and oxygen atoms in total. The van der Waals surface area contributed by atoms with Crippen molar-refractivity contribution in [3.8, 4) is 11.5 Å². The van der Waals surface area contributed by atoms with E-state index in [1.807, 2.05) is 25.1 Å². The number of allylic oxidation sites excluding steroid dienone is 1. The second-order valence-corrected chi connectivity index (χ2v) is 8.05. The molecule has 31 heavy (non-hydrogen) atoms. The van der Waals surface area contributed by atoms with Gasteiger partial charge in [0.2, 0.25) is 0 Å². The molecule has 0 bridgehead atoms. The number of hydrogen-bond donors (Lipinski definition) is 5. The maximum atomic E-state index is 12.7. The third-order valence-corrected chi connectivity index (χ3v) is 5.64. The summed E-state index contributed by atoms with van der Waals surface area (Å²) >= 11 is 0. The van der Waals surface area contributed by atoms with Crippen LogP contribution in [0.4, 0.5) is 11.5 Å². The van der Waals surface area contributed by atoms with E-state index in [0.29, 0.717) is 18.1 Å². The zero-order chi connectivity index (χ0) is 21.8. The van der Waals surface area contributed by atoms with E-state index in [1.165, 1.54) is 5.57 Å². The molecule has 2 aliphatic rings. The molecule has 1 aromatic heterocycles. The first-order valence-corrected chi connectivity index (χ1v) is 10.7. The predicted molar refractivity (Wildman–Crippen MR) is 121 cm³/mol. The van der Waals surface area contributed by atoms with Crippen LogP contribution in [0.15, 0.2) is 41.0 Å². The van der Waals surface area contributed by atoms with Gasteiger partial charge in [0.1, 0.15) is 0 Å². The molecule has 0 unspecified atom stereocenters. The van der Waals surface area contributed by atoms with E-state index < -0.39 is 0 Å². The first-order chi connectivity index (χ1) is 15.0. The van der Waals surface area contributed by atoms with Gasteiger partial charge >= 0.3 is 5.69 Å². The maximum Gasteiger partial charge on any atom is 0.350 e. The second-order valence-electron chi connectivity index (χ2n) is 8.05. The van der Waals surface area contributed by atoms with Crippen molar-refractivity contribution >= 4 is 17.5 Å². The molecule has 6 N–H and O–H groups in total. The molecule has 1 aromatic carbocycles. The molecule has 164 valence electrons. The number of guanidine groups is 1. The Morgan fingerprint density at radius 1 is 1.35 bits per heavy atom. The van der Waals surface area contributed by atoms with Crippen LogP contribution in [-0.4, -0.2) is 28.6 Å². The Balaban J connectivity index is 1.35. The summed E-state index contributed by atoms with van der Waals surface area (Å²) in [7, 11) is 0. The summed E-state index contributed by atoms with van der Waals surface area (Å²) in [6.07, 6.45) is 8.43. The fourth-order valence-electron chi connectivity index (χ4n) is 3.98. The lowest BCUT2D eigenvalue weighted by molar-refractivity contribution is 0.374. The number of aromatic nitrogens is 2. The Hall–Kier alpha value is -3.49. The Labute approximate surface area is 181 Å². The summed E-state index contributed by atoms with van der Waals surface area (Å²) in [5.41, 5.74) is 8.31. The van der Waals surface area contributed by atoms with E-state index in [1.54, 1.807) is 10.8 Å². The number of benzene rings is 1. The van der Waals surface area contributed by atoms with Crippen LogP contribution in [-0.2, 0) is 0 Å². The van der Waals surface area contributed by atoms with Crippen LogP contribution in [0.5, 0.6) is 11.5 Å². The second kappa shape index (κ2) is 9.11. The molecule has 1 saturated carbocycles. The molecular weight excluding hydrogens is 394 g/mol. The highest BCUT2D eigenvalue weighted by molar-refractivity contribution is 5.74. The first kappa shape index (κ1) is 20.8. The summed E-state index contributed by atoms with van der Waals surface area (Å²) in [5.74, 6) is 1.80. The molecule has 2 heterocycles. The number of nitrogens with one attached hydrogen (secondary N) is 4. The van der Waals surface area contributed by atoms with Crippen LogP contribution in [0.1, 0.15) is 43.7 Å². The van der Waals surface area contributed by atoms with Crippen LogP contribution in [0.2, 0.25) is 0 Å². The maximum absolute atomic E-state index is 12.7. The number of ether oxygens (including phenoxy) is 1. The van der Waals surface area contributed by atoms with Gasteiger partial charge in [-0.3, -0.25) is 9.98 Å². The molecule has 0 atom stereocenters. The van der Waals surface area contributed by atoms with Gasteiger partial charge in [-0.25, -0.2) is 4.79 Å². The molecule has 1 aliphatic carbocycles. The summed E-state index contributed by atoms with van der Waals surface area (Å²) in [5, 5.41) is 16.5. The Morgan fingerprint density at radius 3 is 2.94 bits per heavy atom. The van der Waals surface area contributed by atoms with Gasteiger partial charge in [-0.1, -0.05) is 11.6 Å². The average Bonchev–Trinajstić information content (AvgIpc) is 2.75. The summed E-state index contributed by atoms with van der Waals surface area (Å²) in [4.78, 5) is 16.9. The van der Waals surface area contributed by atoms with Crippen molar-refractivity contribution in [2.75, 3.05) is 18.4 Å². The highest BCUT2D eigenvalue weighted by Gasteiger charge is 2.24. The predicted octanol–water partition coefficient (Wildman–Crippen LogP) is 2.86. The third-order valence-electron chi connectivity index (χ3n) is 5.64. The van der Waals surface area contributed by atoms with E-state index in [2.05, 4.69) is 27.1 Å². The third kappa shape index (κ3) is 4.99. The summed E-state index contributed by atoms with van der Waals surface area (Å²) < 4.78 is 7.73. The quantitative estimate of drug-likeness (QED) is 0.234. The van der Waals surface area contributed by atoms with E-state index in [4.69, 9.17) is 15.9 Å². The summed E-state index contributed by atoms with van der Waals surface area (Å²) in [6.45, 7) is 3.52. The summed E-state index contributed by atoms with van der Waals surface area (Å²) in [6, 6.07) is 6.02. The van der Waals surface area contributed by atoms with Gasteiger partial charge in [0, 0.05) is 19.1 Å². The van der Waals surface area contributed by atoms with Crippen LogP contribution in [0.3, 0.4) is 0 Å². The van der Waals surface area contributed by atoms with Crippen LogP contribution >= 0.6 is 0 Å². The highest BCUT2D eigenvalue weighted by Crippen LogP contribution is 2.41. The van der Waals surface area contributed by atoms with Gasteiger partial charge in [0.25, 0.3) is 0 Å². The molecule has 0 saturated heterocycles. The van der Waals surface area contributed by atoms with E-state index in [0.717, 1.165) is 55.6 Å². The Morgan fingerprint density at radius 2 is 2.16 bits per heavy atom. The Bertz CT molecular complexity index is 1050. The number of fused-ring (bicyclic) bond motifs is 2. The number of aryl methyl sites for hydroxylation is 1. The molecule has 2 aromatic rings.